The van der Waals surface area contributed by atoms with Crippen LogP contribution in [0.1, 0.15) is 39.1 Å². The van der Waals surface area contributed by atoms with E-state index in [1.54, 1.807) is 54.7 Å². The van der Waals surface area contributed by atoms with Crippen LogP contribution in [0, 0.1) is 11.7 Å². The van der Waals surface area contributed by atoms with Crippen LogP contribution < -0.4 is 4.74 Å². The number of carboxylic acid groups (broad SMARTS) is 1. The Labute approximate surface area is 207 Å². The molecule has 1 aromatic heterocycles. The van der Waals surface area contributed by atoms with Gasteiger partial charge < -0.3 is 14.9 Å². The zero-order chi connectivity index (χ0) is 25.8. The Balaban J connectivity index is 1.40. The van der Waals surface area contributed by atoms with Crippen LogP contribution in [0.25, 0.3) is 11.1 Å². The number of aliphatic hydroxyl groups is 1. The van der Waals surface area contributed by atoms with Crippen LogP contribution >= 0.6 is 0 Å². The predicted molar refractivity (Wildman–Crippen MR) is 128 cm³/mol. The minimum Gasteiger partial charge on any atom is -0.481 e. The number of carboxylic acids is 1. The second-order valence-corrected chi connectivity index (χ2v) is 8.54. The van der Waals surface area contributed by atoms with E-state index in [1.807, 2.05) is 0 Å². The summed E-state index contributed by atoms with van der Waals surface area (Å²) in [5, 5.41) is 20.3. The molecule has 2 aromatic carbocycles. The zero-order valence-corrected chi connectivity index (χ0v) is 19.6. The maximum absolute atomic E-state index is 14.5. The van der Waals surface area contributed by atoms with Crippen molar-refractivity contribution in [3.63, 3.8) is 0 Å². The third-order valence-electron chi connectivity index (χ3n) is 6.36. The van der Waals surface area contributed by atoms with E-state index in [4.69, 9.17) is 4.74 Å². The monoisotopic (exact) mass is 492 g/mol. The quantitative estimate of drug-likeness (QED) is 0.416. The summed E-state index contributed by atoms with van der Waals surface area (Å²) >= 11 is 0. The normalized spacial score (nSPS) is 14.5. The van der Waals surface area contributed by atoms with Gasteiger partial charge in [-0.1, -0.05) is 18.2 Å². The summed E-state index contributed by atoms with van der Waals surface area (Å²) in [4.78, 5) is 42.1. The van der Waals surface area contributed by atoms with E-state index in [0.29, 0.717) is 11.4 Å². The van der Waals surface area contributed by atoms with Gasteiger partial charge in [0.25, 0.3) is 11.8 Å². The summed E-state index contributed by atoms with van der Waals surface area (Å²) in [5.41, 5.74) is 2.35. The number of imide groups is 1. The molecule has 36 heavy (non-hydrogen) atoms. The summed E-state index contributed by atoms with van der Waals surface area (Å²) in [5.74, 6) is -3.47. The van der Waals surface area contributed by atoms with Crippen molar-refractivity contribution in [2.75, 3.05) is 13.7 Å². The summed E-state index contributed by atoms with van der Waals surface area (Å²) in [6, 6.07) is 14.4. The first kappa shape index (κ1) is 25.0. The van der Waals surface area contributed by atoms with E-state index in [1.165, 1.54) is 13.2 Å². The number of halogens is 1. The first-order valence-electron chi connectivity index (χ1n) is 11.4. The SMILES string of the molecule is COc1ccc(-c2ccc(F)c(CCC(O)C(CCN3C(=O)c4ccccc4C3=O)C(=O)O)c2)cn1. The highest BCUT2D eigenvalue weighted by molar-refractivity contribution is 6.21. The molecule has 0 bridgehead atoms. The molecule has 0 fully saturated rings. The van der Waals surface area contributed by atoms with Crippen molar-refractivity contribution in [1.29, 1.82) is 0 Å². The van der Waals surface area contributed by atoms with Crippen LogP contribution in [0.2, 0.25) is 0 Å². The number of rotatable bonds is 10. The predicted octanol–water partition coefficient (Wildman–Crippen LogP) is 3.58. The molecule has 8 nitrogen and oxygen atoms in total. The van der Waals surface area contributed by atoms with E-state index >= 15 is 0 Å². The van der Waals surface area contributed by atoms with Gasteiger partial charge in [0.2, 0.25) is 5.88 Å². The molecular weight excluding hydrogens is 467 g/mol. The lowest BCUT2D eigenvalue weighted by Gasteiger charge is -2.22. The topological polar surface area (TPSA) is 117 Å². The number of aryl methyl sites for hydroxylation is 1. The maximum atomic E-state index is 14.5. The molecule has 1 aliphatic heterocycles. The average Bonchev–Trinajstić information content (AvgIpc) is 3.13. The molecule has 0 spiro atoms. The number of carbonyl (C=O) groups is 3. The Morgan fingerprint density at radius 3 is 2.28 bits per heavy atom. The number of pyridine rings is 1. The van der Waals surface area contributed by atoms with Gasteiger partial charge in [-0.3, -0.25) is 19.3 Å². The van der Waals surface area contributed by atoms with Gasteiger partial charge in [-0.15, -0.1) is 0 Å². The number of aliphatic carboxylic acids is 1. The van der Waals surface area contributed by atoms with Crippen LogP contribution in [0.5, 0.6) is 5.88 Å². The van der Waals surface area contributed by atoms with E-state index in [-0.39, 0.29) is 36.9 Å². The van der Waals surface area contributed by atoms with Crippen molar-refractivity contribution in [3.8, 4) is 17.0 Å². The summed E-state index contributed by atoms with van der Waals surface area (Å²) in [6.07, 6.45) is 0.261. The largest absolute Gasteiger partial charge is 0.481 e. The lowest BCUT2D eigenvalue weighted by atomic mass is 9.92. The second-order valence-electron chi connectivity index (χ2n) is 8.54. The minimum atomic E-state index is -1.30. The Hall–Kier alpha value is -4.11. The molecule has 0 aliphatic carbocycles. The van der Waals surface area contributed by atoms with Crippen molar-refractivity contribution in [3.05, 3.63) is 83.3 Å². The minimum absolute atomic E-state index is 0.0136. The number of hydrogen-bond acceptors (Lipinski definition) is 6. The number of nitrogens with zero attached hydrogens (tertiary/aromatic N) is 2. The van der Waals surface area contributed by atoms with Crippen molar-refractivity contribution in [1.82, 2.24) is 9.88 Å². The summed E-state index contributed by atoms with van der Waals surface area (Å²) in [6.45, 7) is -0.144. The zero-order valence-electron chi connectivity index (χ0n) is 19.6. The average molecular weight is 493 g/mol. The van der Waals surface area contributed by atoms with Crippen LogP contribution in [0.15, 0.2) is 60.8 Å². The number of benzene rings is 2. The molecular formula is C27H25FN2O6. The molecule has 4 rings (SSSR count). The second kappa shape index (κ2) is 10.7. The van der Waals surface area contributed by atoms with Crippen LogP contribution in [-0.2, 0) is 11.2 Å². The van der Waals surface area contributed by atoms with Crippen molar-refractivity contribution < 1.29 is 33.7 Å². The summed E-state index contributed by atoms with van der Waals surface area (Å²) < 4.78 is 19.5. The third kappa shape index (κ3) is 5.11. The molecule has 3 aromatic rings. The van der Waals surface area contributed by atoms with Crippen LogP contribution in [0.3, 0.4) is 0 Å². The molecule has 2 unspecified atom stereocenters. The molecule has 0 saturated heterocycles. The van der Waals surface area contributed by atoms with E-state index < -0.39 is 35.6 Å². The highest BCUT2D eigenvalue weighted by atomic mass is 19.1. The first-order valence-corrected chi connectivity index (χ1v) is 11.4. The molecule has 0 saturated carbocycles. The number of amides is 2. The highest BCUT2D eigenvalue weighted by Gasteiger charge is 2.36. The molecule has 2 heterocycles. The molecule has 0 radical (unpaired) electrons. The molecule has 1 aliphatic rings. The van der Waals surface area contributed by atoms with Crippen LogP contribution in [-0.4, -0.2) is 57.6 Å². The Bertz CT molecular complexity index is 1260. The lowest BCUT2D eigenvalue weighted by Crippen LogP contribution is -2.36. The van der Waals surface area contributed by atoms with E-state index in [0.717, 1.165) is 16.0 Å². The van der Waals surface area contributed by atoms with Gasteiger partial charge in [-0.05, 0) is 60.7 Å². The molecule has 2 amide bonds. The number of hydrogen-bond donors (Lipinski definition) is 2. The number of aromatic nitrogens is 1. The molecule has 2 N–H and O–H groups in total. The summed E-state index contributed by atoms with van der Waals surface area (Å²) in [7, 11) is 1.51. The van der Waals surface area contributed by atoms with Gasteiger partial charge in [0.1, 0.15) is 5.82 Å². The smallest absolute Gasteiger partial charge is 0.309 e. The van der Waals surface area contributed by atoms with Crippen molar-refractivity contribution >= 4 is 17.8 Å². The number of fused-ring (bicyclic) bond motifs is 1. The van der Waals surface area contributed by atoms with Gasteiger partial charge in [0.15, 0.2) is 0 Å². The fourth-order valence-corrected chi connectivity index (χ4v) is 4.31. The number of ether oxygens (including phenoxy) is 1. The van der Waals surface area contributed by atoms with Gasteiger partial charge >= 0.3 is 5.97 Å². The lowest BCUT2D eigenvalue weighted by molar-refractivity contribution is -0.146. The van der Waals surface area contributed by atoms with Gasteiger partial charge in [-0.2, -0.15) is 0 Å². The number of methoxy groups -OCH3 is 1. The Morgan fingerprint density at radius 2 is 1.69 bits per heavy atom. The molecule has 9 heteroatoms. The standard InChI is InChI=1S/C27H25FN2O6/c1-36-24-11-8-18(15-29-24)16-6-9-22(28)17(14-16)7-10-23(31)21(27(34)35)12-13-30-25(32)19-4-2-3-5-20(19)26(30)33/h2-6,8-9,11,14-15,21,23,31H,7,10,12-13H2,1H3,(H,34,35). The van der Waals surface area contributed by atoms with Crippen molar-refractivity contribution in [2.24, 2.45) is 5.92 Å². The van der Waals surface area contributed by atoms with Crippen LogP contribution in [0.4, 0.5) is 4.39 Å². The molecule has 186 valence electrons. The van der Waals surface area contributed by atoms with Gasteiger partial charge in [0.05, 0.1) is 30.3 Å². The van der Waals surface area contributed by atoms with Gasteiger partial charge in [-0.25, -0.2) is 9.37 Å². The fraction of sp³-hybridized carbons (Fsp3) is 0.259. The molecule has 2 atom stereocenters. The van der Waals surface area contributed by atoms with Crippen molar-refractivity contribution in [2.45, 2.75) is 25.4 Å². The number of aliphatic hydroxyl groups excluding tert-OH is 1. The highest BCUT2D eigenvalue weighted by Crippen LogP contribution is 2.26. The third-order valence-corrected chi connectivity index (χ3v) is 6.36. The van der Waals surface area contributed by atoms with Gasteiger partial charge in [0, 0.05) is 24.4 Å². The number of carbonyl (C=O) groups excluding carboxylic acids is 2. The first-order chi connectivity index (χ1) is 17.3. The fourth-order valence-electron chi connectivity index (χ4n) is 4.31. The van der Waals surface area contributed by atoms with E-state index in [2.05, 4.69) is 4.98 Å². The van der Waals surface area contributed by atoms with E-state index in [9.17, 15) is 29.0 Å². The maximum Gasteiger partial charge on any atom is 0.309 e. The Morgan fingerprint density at radius 1 is 1.03 bits per heavy atom. The Kier molecular flexibility index (Phi) is 7.40.